The van der Waals surface area contributed by atoms with Crippen molar-refractivity contribution in [2.75, 3.05) is 7.11 Å². The van der Waals surface area contributed by atoms with Gasteiger partial charge in [-0.15, -0.1) is 0 Å². The third-order valence-electron chi connectivity index (χ3n) is 5.68. The molecule has 0 saturated carbocycles. The zero-order valence-corrected chi connectivity index (χ0v) is 17.8. The number of amides is 1. The minimum Gasteiger partial charge on any atom is -0.480 e. The number of carbonyl (C=O) groups is 2. The molecule has 0 bridgehead atoms. The van der Waals surface area contributed by atoms with E-state index in [1.807, 2.05) is 66.7 Å². The Balaban J connectivity index is 1.75. The second kappa shape index (κ2) is 8.82. The van der Waals surface area contributed by atoms with Gasteiger partial charge in [0.15, 0.2) is 0 Å². The molecule has 0 fully saturated rings. The minimum absolute atomic E-state index is 0.228. The highest BCUT2D eigenvalue weighted by atomic mass is 35.5. The molecule has 3 aromatic carbocycles. The van der Waals surface area contributed by atoms with E-state index < -0.39 is 24.1 Å². The highest BCUT2D eigenvalue weighted by Gasteiger charge is 2.41. The highest BCUT2D eigenvalue weighted by Crippen LogP contribution is 2.47. The van der Waals surface area contributed by atoms with Gasteiger partial charge in [-0.05, 0) is 52.8 Å². The number of ether oxygens (including phenoxy) is 1. The van der Waals surface area contributed by atoms with E-state index >= 15 is 0 Å². The molecule has 5 nitrogen and oxygen atoms in total. The number of methoxy groups -OCH3 is 1. The molecular formula is C25H22ClNO4. The van der Waals surface area contributed by atoms with Crippen molar-refractivity contribution in [1.82, 2.24) is 4.90 Å². The van der Waals surface area contributed by atoms with Crippen molar-refractivity contribution in [2.45, 2.75) is 24.9 Å². The van der Waals surface area contributed by atoms with Crippen LogP contribution in [0.2, 0.25) is 5.02 Å². The molecule has 0 aromatic heterocycles. The largest absolute Gasteiger partial charge is 0.480 e. The zero-order chi connectivity index (χ0) is 22.0. The molecule has 6 heteroatoms. The van der Waals surface area contributed by atoms with Crippen molar-refractivity contribution >= 4 is 23.7 Å². The van der Waals surface area contributed by atoms with E-state index in [0.717, 1.165) is 27.8 Å². The summed E-state index contributed by atoms with van der Waals surface area (Å²) >= 11 is 6.07. The summed E-state index contributed by atoms with van der Waals surface area (Å²) in [6.45, 7) is 0. The Labute approximate surface area is 185 Å². The van der Waals surface area contributed by atoms with E-state index in [-0.39, 0.29) is 6.42 Å². The fraction of sp³-hybridized carbons (Fsp3) is 0.200. The Morgan fingerprint density at radius 1 is 1.00 bits per heavy atom. The number of aryl methyl sites for hydroxylation is 1. The lowest BCUT2D eigenvalue weighted by atomic mass is 9.98. The van der Waals surface area contributed by atoms with Gasteiger partial charge in [-0.25, -0.2) is 9.59 Å². The fourth-order valence-corrected chi connectivity index (χ4v) is 4.54. The van der Waals surface area contributed by atoms with Gasteiger partial charge < -0.3 is 9.84 Å². The molecule has 1 atom stereocenters. The number of rotatable bonds is 6. The van der Waals surface area contributed by atoms with E-state index in [2.05, 4.69) is 0 Å². The summed E-state index contributed by atoms with van der Waals surface area (Å²) in [6, 6.07) is 21.2. The minimum atomic E-state index is -1.07. The zero-order valence-electron chi connectivity index (χ0n) is 17.0. The maximum absolute atomic E-state index is 12.9. The number of hydrogen-bond acceptors (Lipinski definition) is 3. The van der Waals surface area contributed by atoms with Crippen LogP contribution >= 0.6 is 11.6 Å². The number of fused-ring (bicyclic) bond motifs is 3. The normalized spacial score (nSPS) is 13.2. The van der Waals surface area contributed by atoms with E-state index in [1.165, 1.54) is 12.0 Å². The maximum Gasteiger partial charge on any atom is 0.411 e. The molecule has 1 amide bonds. The summed E-state index contributed by atoms with van der Waals surface area (Å²) in [4.78, 5) is 26.7. The molecule has 3 aromatic rings. The second-order valence-electron chi connectivity index (χ2n) is 7.48. The number of hydrogen-bond donors (Lipinski definition) is 1. The van der Waals surface area contributed by atoms with Gasteiger partial charge in [0.25, 0.3) is 0 Å². The molecule has 0 radical (unpaired) electrons. The smallest absolute Gasteiger partial charge is 0.411 e. The number of halogens is 1. The van der Waals surface area contributed by atoms with E-state index in [1.54, 1.807) is 6.07 Å². The molecule has 31 heavy (non-hydrogen) atoms. The number of benzene rings is 3. The maximum atomic E-state index is 12.9. The van der Waals surface area contributed by atoms with E-state index in [9.17, 15) is 14.7 Å². The summed E-state index contributed by atoms with van der Waals surface area (Å²) in [6.07, 6.45) is 0.0159. The predicted octanol–water partition coefficient (Wildman–Crippen LogP) is 5.56. The van der Waals surface area contributed by atoms with Gasteiger partial charge in [-0.1, -0.05) is 72.3 Å². The van der Waals surface area contributed by atoms with Gasteiger partial charge in [-0.3, -0.25) is 4.90 Å². The van der Waals surface area contributed by atoms with Crippen LogP contribution in [0.3, 0.4) is 0 Å². The molecule has 0 spiro atoms. The molecule has 1 aliphatic rings. The molecule has 0 saturated heterocycles. The fourth-order valence-electron chi connectivity index (χ4n) is 4.32. The SMILES string of the molecule is COC(=O)N(C1c2ccccc2-c2ccccc21)[C@@H](CCc1cccc(Cl)c1)C(=O)O. The first-order chi connectivity index (χ1) is 15.0. The molecule has 0 aliphatic heterocycles. The van der Waals surface area contributed by atoms with Crippen LogP contribution in [0.25, 0.3) is 11.1 Å². The number of nitrogens with zero attached hydrogens (tertiary/aromatic N) is 1. The quantitative estimate of drug-likeness (QED) is 0.550. The molecule has 1 aliphatic carbocycles. The van der Waals surface area contributed by atoms with Crippen LogP contribution in [0, 0.1) is 0 Å². The van der Waals surface area contributed by atoms with Crippen LogP contribution < -0.4 is 0 Å². The second-order valence-corrected chi connectivity index (χ2v) is 7.91. The Hall–Kier alpha value is -3.31. The molecule has 0 unspecified atom stereocenters. The summed E-state index contributed by atoms with van der Waals surface area (Å²) < 4.78 is 5.06. The van der Waals surface area contributed by atoms with Crippen LogP contribution in [0.1, 0.15) is 29.2 Å². The first-order valence-corrected chi connectivity index (χ1v) is 10.4. The van der Waals surface area contributed by atoms with Crippen molar-refractivity contribution in [3.63, 3.8) is 0 Å². The predicted molar refractivity (Wildman–Crippen MR) is 119 cm³/mol. The van der Waals surface area contributed by atoms with Gasteiger partial charge >= 0.3 is 12.1 Å². The lowest BCUT2D eigenvalue weighted by Gasteiger charge is -2.34. The van der Waals surface area contributed by atoms with Crippen molar-refractivity contribution in [1.29, 1.82) is 0 Å². The van der Waals surface area contributed by atoms with E-state index in [0.29, 0.717) is 11.4 Å². The highest BCUT2D eigenvalue weighted by molar-refractivity contribution is 6.30. The average Bonchev–Trinajstić information content (AvgIpc) is 3.10. The van der Waals surface area contributed by atoms with Crippen molar-refractivity contribution < 1.29 is 19.4 Å². The Bertz CT molecular complexity index is 1080. The molecular weight excluding hydrogens is 414 g/mol. The Kier molecular flexibility index (Phi) is 5.96. The standard InChI is InChI=1S/C25H22ClNO4/c1-31-25(30)27(22(24(28)29)14-13-16-7-6-8-17(26)15-16)23-20-11-4-2-9-18(20)19-10-3-5-12-21(19)23/h2-12,15,22-23H,13-14H2,1H3,(H,28,29)/t22-/m0/s1. The summed E-state index contributed by atoms with van der Waals surface area (Å²) in [5.74, 6) is -1.07. The Morgan fingerprint density at radius 3 is 2.16 bits per heavy atom. The third kappa shape index (κ3) is 4.01. The third-order valence-corrected chi connectivity index (χ3v) is 5.92. The van der Waals surface area contributed by atoms with E-state index in [4.69, 9.17) is 16.3 Å². The number of carboxylic acids is 1. The lowest BCUT2D eigenvalue weighted by Crippen LogP contribution is -2.47. The van der Waals surface area contributed by atoms with Gasteiger partial charge in [0.05, 0.1) is 13.2 Å². The molecule has 0 heterocycles. The molecule has 158 valence electrons. The van der Waals surface area contributed by atoms with Crippen LogP contribution in [-0.2, 0) is 16.0 Å². The number of carbonyl (C=O) groups excluding carboxylic acids is 1. The topological polar surface area (TPSA) is 66.8 Å². The van der Waals surface area contributed by atoms with Crippen LogP contribution in [-0.4, -0.2) is 35.2 Å². The van der Waals surface area contributed by atoms with Gasteiger partial charge in [0, 0.05) is 5.02 Å². The van der Waals surface area contributed by atoms with Gasteiger partial charge in [0.2, 0.25) is 0 Å². The van der Waals surface area contributed by atoms with Crippen LogP contribution in [0.5, 0.6) is 0 Å². The Morgan fingerprint density at radius 2 is 1.61 bits per heavy atom. The van der Waals surface area contributed by atoms with Crippen LogP contribution in [0.4, 0.5) is 4.79 Å². The molecule has 1 N–H and O–H groups in total. The number of carboxylic acid groups (broad SMARTS) is 1. The van der Waals surface area contributed by atoms with Crippen molar-refractivity contribution in [3.8, 4) is 11.1 Å². The average molecular weight is 436 g/mol. The monoisotopic (exact) mass is 435 g/mol. The molecule has 4 rings (SSSR count). The summed E-state index contributed by atoms with van der Waals surface area (Å²) in [5.41, 5.74) is 4.69. The van der Waals surface area contributed by atoms with Gasteiger partial charge in [-0.2, -0.15) is 0 Å². The first kappa shape index (κ1) is 20.9. The van der Waals surface area contributed by atoms with Crippen LogP contribution in [0.15, 0.2) is 72.8 Å². The van der Waals surface area contributed by atoms with Crippen molar-refractivity contribution in [2.24, 2.45) is 0 Å². The first-order valence-electron chi connectivity index (χ1n) is 10.0. The number of aliphatic carboxylic acids is 1. The summed E-state index contributed by atoms with van der Waals surface area (Å²) in [5, 5.41) is 10.7. The van der Waals surface area contributed by atoms with Gasteiger partial charge in [0.1, 0.15) is 6.04 Å². The lowest BCUT2D eigenvalue weighted by molar-refractivity contribution is -0.143. The summed E-state index contributed by atoms with van der Waals surface area (Å²) in [7, 11) is 1.28. The van der Waals surface area contributed by atoms with Crippen molar-refractivity contribution in [3.05, 3.63) is 94.5 Å².